The molecule has 1 aromatic rings. The van der Waals surface area contributed by atoms with Gasteiger partial charge in [0.05, 0.1) is 11.0 Å². The average Bonchev–Trinajstić information content (AvgIpc) is 2.71. The highest BCUT2D eigenvalue weighted by atomic mass is 32.2. The number of nitrogens with one attached hydrogen (secondary N) is 2. The Morgan fingerprint density at radius 2 is 1.73 bits per heavy atom. The third kappa shape index (κ3) is 5.74. The molecule has 1 aliphatic heterocycles. The number of hydrogen-bond acceptors (Lipinski definition) is 7. The van der Waals surface area contributed by atoms with E-state index in [1.54, 1.807) is 11.8 Å². The van der Waals surface area contributed by atoms with Gasteiger partial charge in [-0.1, -0.05) is 26.0 Å². The first kappa shape index (κ1) is 23.7. The van der Waals surface area contributed by atoms with Gasteiger partial charge in [0.15, 0.2) is 4.90 Å². The largest absolute Gasteiger partial charge is 0.338 e. The van der Waals surface area contributed by atoms with Crippen LogP contribution in [0, 0.1) is 16.0 Å². The number of carbonyl (C=O) groups is 2. The molecule has 0 saturated carbocycles. The highest BCUT2D eigenvalue weighted by molar-refractivity contribution is 7.89. The van der Waals surface area contributed by atoms with Gasteiger partial charge in [0, 0.05) is 38.8 Å². The van der Waals surface area contributed by atoms with Crippen LogP contribution >= 0.6 is 0 Å². The Balaban J connectivity index is 1.98. The molecule has 1 aliphatic rings. The van der Waals surface area contributed by atoms with Crippen molar-refractivity contribution < 1.29 is 22.9 Å². The summed E-state index contributed by atoms with van der Waals surface area (Å²) in [6, 6.07) is 4.01. The van der Waals surface area contributed by atoms with E-state index in [1.165, 1.54) is 22.5 Å². The van der Waals surface area contributed by atoms with Crippen LogP contribution in [0.25, 0.3) is 0 Å². The van der Waals surface area contributed by atoms with Crippen molar-refractivity contribution in [2.24, 2.45) is 5.92 Å². The van der Waals surface area contributed by atoms with E-state index in [2.05, 4.69) is 10.6 Å². The molecule has 1 fully saturated rings. The molecule has 1 atom stereocenters. The van der Waals surface area contributed by atoms with Crippen LogP contribution in [0.5, 0.6) is 0 Å². The average molecular weight is 442 g/mol. The Kier molecular flexibility index (Phi) is 7.87. The Labute approximate surface area is 175 Å². The van der Waals surface area contributed by atoms with E-state index in [0.29, 0.717) is 6.54 Å². The molecule has 30 heavy (non-hydrogen) atoms. The maximum atomic E-state index is 12.9. The lowest BCUT2D eigenvalue weighted by Crippen LogP contribution is -2.56. The number of carbonyl (C=O) groups excluding carboxylic acids is 2. The van der Waals surface area contributed by atoms with Crippen molar-refractivity contribution in [2.75, 3.05) is 32.7 Å². The summed E-state index contributed by atoms with van der Waals surface area (Å²) < 4.78 is 26.9. The van der Waals surface area contributed by atoms with Gasteiger partial charge in [-0.05, 0) is 18.9 Å². The first-order valence-electron chi connectivity index (χ1n) is 9.60. The first-order valence-corrected chi connectivity index (χ1v) is 11.0. The molecule has 0 radical (unpaired) electrons. The SMILES string of the molecule is CC(C)CNC(=O)NC(=O)C(C)N1CCN(S(=O)(=O)c2ccccc2[N+](=O)[O-])CC1. The van der Waals surface area contributed by atoms with Crippen LogP contribution in [0.4, 0.5) is 10.5 Å². The van der Waals surface area contributed by atoms with Gasteiger partial charge in [0.1, 0.15) is 0 Å². The third-order valence-electron chi connectivity index (χ3n) is 4.79. The molecule has 1 unspecified atom stereocenters. The van der Waals surface area contributed by atoms with E-state index in [-0.39, 0.29) is 37.0 Å². The van der Waals surface area contributed by atoms with Crippen molar-refractivity contribution in [1.29, 1.82) is 0 Å². The number of rotatable bonds is 7. The summed E-state index contributed by atoms with van der Waals surface area (Å²) in [5, 5.41) is 16.1. The van der Waals surface area contributed by atoms with Gasteiger partial charge in [-0.15, -0.1) is 0 Å². The van der Waals surface area contributed by atoms with E-state index in [1.807, 2.05) is 13.8 Å². The molecule has 1 saturated heterocycles. The molecule has 2 rings (SSSR count). The van der Waals surface area contributed by atoms with E-state index < -0.39 is 38.6 Å². The van der Waals surface area contributed by atoms with Gasteiger partial charge in [-0.25, -0.2) is 13.2 Å². The number of hydrogen-bond donors (Lipinski definition) is 2. The van der Waals surface area contributed by atoms with Crippen LogP contribution in [0.1, 0.15) is 20.8 Å². The number of nitro benzene ring substituents is 1. The predicted molar refractivity (Wildman–Crippen MR) is 109 cm³/mol. The fourth-order valence-electron chi connectivity index (χ4n) is 3.02. The zero-order chi connectivity index (χ0) is 22.5. The Hall–Kier alpha value is -2.57. The Morgan fingerprint density at radius 3 is 2.30 bits per heavy atom. The normalized spacial score (nSPS) is 16.8. The predicted octanol–water partition coefficient (Wildman–Crippen LogP) is 0.771. The van der Waals surface area contributed by atoms with Crippen molar-refractivity contribution in [3.63, 3.8) is 0 Å². The van der Waals surface area contributed by atoms with Crippen molar-refractivity contribution >= 4 is 27.6 Å². The van der Waals surface area contributed by atoms with Crippen LogP contribution in [-0.4, -0.2) is 73.3 Å². The van der Waals surface area contributed by atoms with Gasteiger partial charge in [-0.3, -0.25) is 25.1 Å². The maximum Gasteiger partial charge on any atom is 0.321 e. The molecule has 0 aliphatic carbocycles. The van der Waals surface area contributed by atoms with Crippen molar-refractivity contribution in [3.05, 3.63) is 34.4 Å². The van der Waals surface area contributed by atoms with Gasteiger partial charge >= 0.3 is 6.03 Å². The minimum Gasteiger partial charge on any atom is -0.338 e. The summed E-state index contributed by atoms with van der Waals surface area (Å²) in [7, 11) is -4.04. The van der Waals surface area contributed by atoms with Gasteiger partial charge in [0.2, 0.25) is 15.9 Å². The van der Waals surface area contributed by atoms with E-state index in [0.717, 1.165) is 6.07 Å². The molecule has 12 heteroatoms. The summed E-state index contributed by atoms with van der Waals surface area (Å²) in [6.45, 7) is 6.60. The molecular formula is C18H27N5O6S. The summed E-state index contributed by atoms with van der Waals surface area (Å²) in [4.78, 5) is 35.9. The number of piperazine rings is 1. The molecule has 11 nitrogen and oxygen atoms in total. The molecule has 0 spiro atoms. The number of nitrogens with zero attached hydrogens (tertiary/aromatic N) is 3. The highest BCUT2D eigenvalue weighted by Crippen LogP contribution is 2.27. The summed E-state index contributed by atoms with van der Waals surface area (Å²) in [5.74, 6) is -0.231. The molecule has 2 N–H and O–H groups in total. The smallest absolute Gasteiger partial charge is 0.321 e. The zero-order valence-corrected chi connectivity index (χ0v) is 18.0. The van der Waals surface area contributed by atoms with Gasteiger partial charge in [-0.2, -0.15) is 4.31 Å². The second kappa shape index (κ2) is 9.96. The van der Waals surface area contributed by atoms with Crippen LogP contribution < -0.4 is 10.6 Å². The molecule has 0 aromatic heterocycles. The summed E-state index contributed by atoms with van der Waals surface area (Å²) in [5.41, 5.74) is -0.472. The topological polar surface area (TPSA) is 142 Å². The quantitative estimate of drug-likeness (QED) is 0.470. The fraction of sp³-hybridized carbons (Fsp3) is 0.556. The third-order valence-corrected chi connectivity index (χ3v) is 6.73. The van der Waals surface area contributed by atoms with E-state index in [4.69, 9.17) is 0 Å². The molecule has 0 bridgehead atoms. The monoisotopic (exact) mass is 441 g/mol. The lowest BCUT2D eigenvalue weighted by molar-refractivity contribution is -0.387. The minimum absolute atomic E-state index is 0.0749. The number of imide groups is 1. The Bertz CT molecular complexity index is 896. The van der Waals surface area contributed by atoms with Crippen LogP contribution in [0.2, 0.25) is 0 Å². The minimum atomic E-state index is -4.04. The Morgan fingerprint density at radius 1 is 1.13 bits per heavy atom. The number of urea groups is 1. The second-order valence-corrected chi connectivity index (χ2v) is 9.34. The number of amides is 3. The van der Waals surface area contributed by atoms with Crippen LogP contribution in [0.3, 0.4) is 0 Å². The molecule has 166 valence electrons. The van der Waals surface area contributed by atoms with Crippen LogP contribution in [-0.2, 0) is 14.8 Å². The van der Waals surface area contributed by atoms with Crippen molar-refractivity contribution in [2.45, 2.75) is 31.7 Å². The molecule has 1 heterocycles. The molecule has 1 aromatic carbocycles. The number of nitro groups is 1. The summed E-state index contributed by atoms with van der Waals surface area (Å²) >= 11 is 0. The second-order valence-electron chi connectivity index (χ2n) is 7.43. The van der Waals surface area contributed by atoms with Crippen LogP contribution in [0.15, 0.2) is 29.2 Å². The fourth-order valence-corrected chi connectivity index (χ4v) is 4.60. The lowest BCUT2D eigenvalue weighted by Gasteiger charge is -2.36. The number of benzene rings is 1. The highest BCUT2D eigenvalue weighted by Gasteiger charge is 2.35. The zero-order valence-electron chi connectivity index (χ0n) is 17.2. The van der Waals surface area contributed by atoms with E-state index in [9.17, 15) is 28.1 Å². The molecular weight excluding hydrogens is 414 g/mol. The summed E-state index contributed by atoms with van der Waals surface area (Å²) in [6.07, 6.45) is 0. The number of sulfonamides is 1. The van der Waals surface area contributed by atoms with Gasteiger partial charge in [0.25, 0.3) is 5.69 Å². The maximum absolute atomic E-state index is 12.9. The van der Waals surface area contributed by atoms with Crippen molar-refractivity contribution in [1.82, 2.24) is 19.8 Å². The van der Waals surface area contributed by atoms with Gasteiger partial charge < -0.3 is 5.32 Å². The lowest BCUT2D eigenvalue weighted by atomic mass is 10.2. The van der Waals surface area contributed by atoms with Crippen molar-refractivity contribution in [3.8, 4) is 0 Å². The standard InChI is InChI=1S/C18H27N5O6S/c1-13(2)12-19-18(25)20-17(24)14(3)21-8-10-22(11-9-21)30(28,29)16-7-5-4-6-15(16)23(26)27/h4-7,13-14H,8-12H2,1-3H3,(H2,19,20,24,25). The first-order chi connectivity index (χ1) is 14.0. The number of para-hydroxylation sites is 1. The molecule has 3 amide bonds. The van der Waals surface area contributed by atoms with E-state index >= 15 is 0 Å².